The van der Waals surface area contributed by atoms with Crippen LogP contribution in [0.5, 0.6) is 0 Å². The summed E-state index contributed by atoms with van der Waals surface area (Å²) < 4.78 is 5.27. The maximum absolute atomic E-state index is 11.7. The minimum Gasteiger partial charge on any atom is -0.444 e. The van der Waals surface area contributed by atoms with Gasteiger partial charge < -0.3 is 15.0 Å². The summed E-state index contributed by atoms with van der Waals surface area (Å²) in [6, 6.07) is 0.645. The fourth-order valence-electron chi connectivity index (χ4n) is 3.12. The lowest BCUT2D eigenvalue weighted by Crippen LogP contribution is -2.39. The van der Waals surface area contributed by atoms with Gasteiger partial charge in [-0.1, -0.05) is 13.3 Å². The smallest absolute Gasteiger partial charge is 0.407 e. The summed E-state index contributed by atoms with van der Waals surface area (Å²) in [5.41, 5.74) is -0.424. The van der Waals surface area contributed by atoms with Gasteiger partial charge >= 0.3 is 6.09 Å². The van der Waals surface area contributed by atoms with Crippen LogP contribution >= 0.6 is 0 Å². The fourth-order valence-corrected chi connectivity index (χ4v) is 3.12. The predicted octanol–water partition coefficient (Wildman–Crippen LogP) is 3.10. The van der Waals surface area contributed by atoms with Gasteiger partial charge in [-0.25, -0.2) is 4.79 Å². The first-order valence-electron chi connectivity index (χ1n) is 9.21. The highest BCUT2D eigenvalue weighted by atomic mass is 16.6. The molecule has 0 aliphatic carbocycles. The molecule has 0 aromatic rings. The monoisotopic (exact) mass is 327 g/mol. The van der Waals surface area contributed by atoms with Crippen molar-refractivity contribution in [2.75, 3.05) is 39.8 Å². The summed E-state index contributed by atoms with van der Waals surface area (Å²) in [7, 11) is 2.21. The lowest BCUT2D eigenvalue weighted by Gasteiger charge is -2.30. The standard InChI is InChI=1S/C18H37N3O2/c1-6-9-16(21-13-8-12-20(5)14-15-21)10-7-11-19-17(22)23-18(2,3)4/h16H,6-15H2,1-5H3,(H,19,22)/t16-/m1/s1. The largest absolute Gasteiger partial charge is 0.444 e. The number of hydrogen-bond acceptors (Lipinski definition) is 4. The average molecular weight is 328 g/mol. The molecule has 1 heterocycles. The Morgan fingerprint density at radius 3 is 2.57 bits per heavy atom. The van der Waals surface area contributed by atoms with Crippen LogP contribution < -0.4 is 5.32 Å². The van der Waals surface area contributed by atoms with Crippen molar-refractivity contribution in [3.05, 3.63) is 0 Å². The van der Waals surface area contributed by atoms with Gasteiger partial charge in [0.15, 0.2) is 0 Å². The summed E-state index contributed by atoms with van der Waals surface area (Å²) in [5, 5.41) is 2.87. The van der Waals surface area contributed by atoms with Gasteiger partial charge in [-0.15, -0.1) is 0 Å². The predicted molar refractivity (Wildman–Crippen MR) is 95.9 cm³/mol. The maximum Gasteiger partial charge on any atom is 0.407 e. The van der Waals surface area contributed by atoms with Crippen LogP contribution in [0.25, 0.3) is 0 Å². The molecule has 0 unspecified atom stereocenters. The second kappa shape index (κ2) is 10.1. The summed E-state index contributed by atoms with van der Waals surface area (Å²) in [4.78, 5) is 16.7. The molecule has 1 saturated heterocycles. The molecule has 5 nitrogen and oxygen atoms in total. The molecule has 23 heavy (non-hydrogen) atoms. The first-order valence-corrected chi connectivity index (χ1v) is 9.21. The van der Waals surface area contributed by atoms with E-state index < -0.39 is 5.60 Å². The van der Waals surface area contributed by atoms with E-state index in [0.717, 1.165) is 19.4 Å². The zero-order valence-corrected chi connectivity index (χ0v) is 15.9. The third-order valence-corrected chi connectivity index (χ3v) is 4.27. The van der Waals surface area contributed by atoms with E-state index in [1.165, 1.54) is 38.9 Å². The van der Waals surface area contributed by atoms with Gasteiger partial charge in [0.05, 0.1) is 0 Å². The summed E-state index contributed by atoms with van der Waals surface area (Å²) in [5.74, 6) is 0. The lowest BCUT2D eigenvalue weighted by atomic mass is 10.0. The van der Waals surface area contributed by atoms with Crippen LogP contribution in [0, 0.1) is 0 Å². The number of hydrogen-bond donors (Lipinski definition) is 1. The quantitative estimate of drug-likeness (QED) is 0.730. The molecule has 136 valence electrons. The molecule has 0 radical (unpaired) electrons. The number of carbonyl (C=O) groups is 1. The number of likely N-dealkylation sites (N-methyl/N-ethyl adjacent to an activating group) is 1. The highest BCUT2D eigenvalue weighted by Gasteiger charge is 2.20. The second-order valence-corrected chi connectivity index (χ2v) is 7.71. The third-order valence-electron chi connectivity index (χ3n) is 4.27. The van der Waals surface area contributed by atoms with E-state index in [1.54, 1.807) is 0 Å². The number of nitrogens with zero attached hydrogens (tertiary/aromatic N) is 2. The molecular formula is C18H37N3O2. The van der Waals surface area contributed by atoms with E-state index in [9.17, 15) is 4.79 Å². The van der Waals surface area contributed by atoms with Crippen LogP contribution in [-0.2, 0) is 4.74 Å². The number of carbonyl (C=O) groups excluding carboxylic acids is 1. The normalized spacial score (nSPS) is 19.2. The Kier molecular flexibility index (Phi) is 8.92. The van der Waals surface area contributed by atoms with Crippen LogP contribution in [0.2, 0.25) is 0 Å². The van der Waals surface area contributed by atoms with E-state index in [2.05, 4.69) is 29.1 Å². The van der Waals surface area contributed by atoms with Gasteiger partial charge in [-0.05, 0) is 66.6 Å². The minimum atomic E-state index is -0.424. The molecule has 1 rings (SSSR count). The minimum absolute atomic E-state index is 0.305. The molecule has 0 spiro atoms. The van der Waals surface area contributed by atoms with E-state index in [-0.39, 0.29) is 6.09 Å². The molecule has 1 N–H and O–H groups in total. The highest BCUT2D eigenvalue weighted by Crippen LogP contribution is 2.15. The molecule has 5 heteroatoms. The number of nitrogens with one attached hydrogen (secondary N) is 1. The van der Waals surface area contributed by atoms with Crippen molar-refractivity contribution in [2.24, 2.45) is 0 Å². The molecule has 0 aromatic carbocycles. The molecule has 0 saturated carbocycles. The average Bonchev–Trinajstić information content (AvgIpc) is 2.65. The summed E-state index contributed by atoms with van der Waals surface area (Å²) in [6.45, 7) is 13.4. The van der Waals surface area contributed by atoms with E-state index in [1.807, 2.05) is 20.8 Å². The van der Waals surface area contributed by atoms with Crippen molar-refractivity contribution in [3.63, 3.8) is 0 Å². The van der Waals surface area contributed by atoms with Crippen molar-refractivity contribution < 1.29 is 9.53 Å². The number of rotatable bonds is 7. The zero-order valence-electron chi connectivity index (χ0n) is 15.9. The Morgan fingerprint density at radius 1 is 1.17 bits per heavy atom. The summed E-state index contributed by atoms with van der Waals surface area (Å²) in [6.07, 6.45) is 5.57. The SMILES string of the molecule is CCC[C@H](CCCNC(=O)OC(C)(C)C)N1CCCN(C)CC1. The van der Waals surface area contributed by atoms with Gasteiger partial charge in [0.2, 0.25) is 0 Å². The van der Waals surface area contributed by atoms with Crippen molar-refractivity contribution >= 4 is 6.09 Å². The fraction of sp³-hybridized carbons (Fsp3) is 0.944. The Labute approximate surface area is 142 Å². The van der Waals surface area contributed by atoms with Crippen LogP contribution in [0.4, 0.5) is 4.79 Å². The van der Waals surface area contributed by atoms with E-state index >= 15 is 0 Å². The molecule has 1 amide bonds. The first-order chi connectivity index (χ1) is 10.8. The van der Waals surface area contributed by atoms with Crippen molar-refractivity contribution in [1.29, 1.82) is 0 Å². The van der Waals surface area contributed by atoms with Crippen molar-refractivity contribution in [1.82, 2.24) is 15.1 Å². The third kappa shape index (κ3) is 9.16. The van der Waals surface area contributed by atoms with Crippen molar-refractivity contribution in [2.45, 2.75) is 71.4 Å². The summed E-state index contributed by atoms with van der Waals surface area (Å²) >= 11 is 0. The maximum atomic E-state index is 11.7. The number of ether oxygens (including phenoxy) is 1. The number of amides is 1. The Bertz CT molecular complexity index is 342. The van der Waals surface area contributed by atoms with Gasteiger partial charge in [-0.3, -0.25) is 4.90 Å². The van der Waals surface area contributed by atoms with Crippen LogP contribution in [-0.4, -0.2) is 67.3 Å². The first kappa shape index (κ1) is 20.2. The Hall–Kier alpha value is -0.810. The Balaban J connectivity index is 2.31. The van der Waals surface area contributed by atoms with Gasteiger partial charge in [0.1, 0.15) is 5.60 Å². The van der Waals surface area contributed by atoms with Gasteiger partial charge in [-0.2, -0.15) is 0 Å². The Morgan fingerprint density at radius 2 is 1.91 bits per heavy atom. The molecular weight excluding hydrogens is 290 g/mol. The molecule has 1 aliphatic heterocycles. The number of alkyl carbamates (subject to hydrolysis) is 1. The van der Waals surface area contributed by atoms with Crippen LogP contribution in [0.1, 0.15) is 59.8 Å². The van der Waals surface area contributed by atoms with Gasteiger partial charge in [0.25, 0.3) is 0 Å². The van der Waals surface area contributed by atoms with Crippen molar-refractivity contribution in [3.8, 4) is 0 Å². The van der Waals surface area contributed by atoms with Crippen LogP contribution in [0.3, 0.4) is 0 Å². The molecule has 1 fully saturated rings. The zero-order chi connectivity index (χ0) is 17.3. The van der Waals surface area contributed by atoms with E-state index in [4.69, 9.17) is 4.74 Å². The topological polar surface area (TPSA) is 44.8 Å². The van der Waals surface area contributed by atoms with Crippen LogP contribution in [0.15, 0.2) is 0 Å². The van der Waals surface area contributed by atoms with E-state index in [0.29, 0.717) is 12.6 Å². The molecule has 1 aliphatic rings. The lowest BCUT2D eigenvalue weighted by molar-refractivity contribution is 0.0525. The molecule has 0 bridgehead atoms. The second-order valence-electron chi connectivity index (χ2n) is 7.71. The highest BCUT2D eigenvalue weighted by molar-refractivity contribution is 5.67. The molecule has 1 atom stereocenters. The van der Waals surface area contributed by atoms with Gasteiger partial charge in [0, 0.05) is 25.7 Å². The molecule has 0 aromatic heterocycles.